The SMILES string of the molecule is COc1cc(/C=C(/CC[C@H]2OC[C@H]3C2=C(C(C)C)C[C@H]2C(=O)N(c4ccc(Nc5ccccc5)cc4)C(=O)[C@H]23)c2ccccn2)cc(I)c1O. The molecule has 2 N–H and O–H groups in total. The lowest BCUT2D eigenvalue weighted by Crippen LogP contribution is -2.35. The number of halogens is 1. The molecule has 1 aromatic heterocycles. The Morgan fingerprint density at radius 2 is 1.76 bits per heavy atom. The molecule has 2 fully saturated rings. The fourth-order valence-electron chi connectivity index (χ4n) is 7.74. The first-order chi connectivity index (χ1) is 24.2. The Kier molecular flexibility index (Phi) is 9.79. The van der Waals surface area contributed by atoms with Crippen molar-refractivity contribution in [1.29, 1.82) is 0 Å². The van der Waals surface area contributed by atoms with Crippen LogP contribution in [-0.2, 0) is 14.3 Å². The van der Waals surface area contributed by atoms with Crippen LogP contribution < -0.4 is 15.0 Å². The van der Waals surface area contributed by atoms with Gasteiger partial charge in [0.15, 0.2) is 11.5 Å². The van der Waals surface area contributed by atoms with Gasteiger partial charge in [-0.3, -0.25) is 19.5 Å². The summed E-state index contributed by atoms with van der Waals surface area (Å²) in [5, 5.41) is 13.8. The summed E-state index contributed by atoms with van der Waals surface area (Å²) in [6.45, 7) is 4.76. The second kappa shape index (κ2) is 14.4. The molecule has 0 bridgehead atoms. The molecule has 3 aliphatic rings. The largest absolute Gasteiger partial charge is 0.504 e. The maximum Gasteiger partial charge on any atom is 0.238 e. The van der Waals surface area contributed by atoms with Crippen molar-refractivity contribution in [3.8, 4) is 11.5 Å². The van der Waals surface area contributed by atoms with Crippen LogP contribution in [0.25, 0.3) is 11.6 Å². The molecule has 4 atom stereocenters. The zero-order chi connectivity index (χ0) is 34.9. The van der Waals surface area contributed by atoms with E-state index < -0.39 is 11.8 Å². The van der Waals surface area contributed by atoms with Gasteiger partial charge < -0.3 is 19.9 Å². The van der Waals surface area contributed by atoms with E-state index in [0.717, 1.165) is 28.2 Å². The van der Waals surface area contributed by atoms with Crippen molar-refractivity contribution < 1.29 is 24.2 Å². The normalized spacial score (nSPS) is 21.9. The van der Waals surface area contributed by atoms with Crippen molar-refractivity contribution in [3.63, 3.8) is 0 Å². The zero-order valence-electron chi connectivity index (χ0n) is 28.3. The van der Waals surface area contributed by atoms with Crippen molar-refractivity contribution >= 4 is 63.1 Å². The second-order valence-electron chi connectivity index (χ2n) is 13.4. The highest BCUT2D eigenvalue weighted by atomic mass is 127. The highest BCUT2D eigenvalue weighted by Gasteiger charge is 2.57. The third-order valence-corrected chi connectivity index (χ3v) is 10.9. The van der Waals surface area contributed by atoms with Gasteiger partial charge in [-0.25, -0.2) is 0 Å². The minimum Gasteiger partial charge on any atom is -0.504 e. The van der Waals surface area contributed by atoms with Crippen LogP contribution in [0.3, 0.4) is 0 Å². The number of phenolic OH excluding ortho intramolecular Hbond substituents is 1. The highest BCUT2D eigenvalue weighted by Crippen LogP contribution is 2.52. The molecule has 8 nitrogen and oxygen atoms in total. The van der Waals surface area contributed by atoms with Gasteiger partial charge in [0.25, 0.3) is 0 Å². The maximum absolute atomic E-state index is 14.2. The van der Waals surface area contributed by atoms with Gasteiger partial charge in [0, 0.05) is 23.5 Å². The summed E-state index contributed by atoms with van der Waals surface area (Å²) in [5.74, 6) is -0.476. The topological polar surface area (TPSA) is 101 Å². The first-order valence-corrected chi connectivity index (χ1v) is 18.1. The standard InChI is InChI=1S/C41H40IN3O5/c1-24(2)30-22-31-38(41(48)45(40(31)47)29-15-13-28(14-16-29)44-27-9-5-4-6-10-27)32-23-50-35(37(30)32)17-12-26(34-11-7-8-18-43-34)19-25-20-33(42)39(46)36(21-25)49-3/h4-11,13-16,18-21,24,31-32,35,38,44,46H,12,17,22-23H2,1-3H3/b26-19-/t31-,32+,35-,38-/m1/s1. The quantitative estimate of drug-likeness (QED) is 0.0945. The van der Waals surface area contributed by atoms with Crippen LogP contribution in [0.4, 0.5) is 17.1 Å². The molecule has 0 radical (unpaired) electrons. The van der Waals surface area contributed by atoms with E-state index in [9.17, 15) is 14.7 Å². The van der Waals surface area contributed by atoms with Gasteiger partial charge in [-0.1, -0.05) is 43.7 Å². The number of aromatic nitrogens is 1. The first-order valence-electron chi connectivity index (χ1n) is 17.1. The second-order valence-corrected chi connectivity index (χ2v) is 14.6. The summed E-state index contributed by atoms with van der Waals surface area (Å²) in [5.41, 5.74) is 7.69. The number of hydrogen-bond donors (Lipinski definition) is 2. The molecule has 3 aromatic carbocycles. The Hall–Kier alpha value is -4.48. The molecule has 2 saturated heterocycles. The number of phenols is 1. The van der Waals surface area contributed by atoms with Crippen molar-refractivity contribution in [1.82, 2.24) is 4.98 Å². The highest BCUT2D eigenvalue weighted by molar-refractivity contribution is 14.1. The average Bonchev–Trinajstić information content (AvgIpc) is 3.66. The number of fused-ring (bicyclic) bond motifs is 3. The third kappa shape index (κ3) is 6.56. The molecule has 0 unspecified atom stereocenters. The van der Waals surface area contributed by atoms with E-state index in [-0.39, 0.29) is 35.5 Å². The number of carbonyl (C=O) groups excluding carboxylic acids is 2. The lowest BCUT2D eigenvalue weighted by Gasteiger charge is -2.33. The summed E-state index contributed by atoms with van der Waals surface area (Å²) < 4.78 is 12.7. The van der Waals surface area contributed by atoms with E-state index in [1.54, 1.807) is 13.3 Å². The molecule has 50 heavy (non-hydrogen) atoms. The lowest BCUT2D eigenvalue weighted by atomic mass is 9.67. The van der Waals surface area contributed by atoms with Crippen LogP contribution in [0.2, 0.25) is 0 Å². The number of amides is 2. The smallest absolute Gasteiger partial charge is 0.238 e. The van der Waals surface area contributed by atoms with Crippen LogP contribution in [0.15, 0.2) is 102 Å². The van der Waals surface area contributed by atoms with E-state index in [1.807, 2.05) is 84.9 Å². The summed E-state index contributed by atoms with van der Waals surface area (Å²) in [4.78, 5) is 34.2. The van der Waals surface area contributed by atoms with Gasteiger partial charge in [-0.15, -0.1) is 0 Å². The number of nitrogens with one attached hydrogen (secondary N) is 1. The number of pyridine rings is 1. The Morgan fingerprint density at radius 1 is 1.02 bits per heavy atom. The number of para-hydroxylation sites is 1. The number of nitrogens with zero attached hydrogens (tertiary/aromatic N) is 2. The van der Waals surface area contributed by atoms with Gasteiger partial charge in [-0.05, 0) is 131 Å². The van der Waals surface area contributed by atoms with Crippen LogP contribution in [-0.4, -0.2) is 41.7 Å². The number of carbonyl (C=O) groups is 2. The van der Waals surface area contributed by atoms with E-state index in [1.165, 1.54) is 16.0 Å². The van der Waals surface area contributed by atoms with Crippen LogP contribution >= 0.6 is 22.6 Å². The van der Waals surface area contributed by atoms with Crippen molar-refractivity contribution in [2.75, 3.05) is 23.9 Å². The molecular formula is C41H40IN3O5. The van der Waals surface area contributed by atoms with Crippen molar-refractivity contribution in [2.24, 2.45) is 23.7 Å². The Balaban J connectivity index is 1.13. The lowest BCUT2D eigenvalue weighted by molar-refractivity contribution is -0.122. The van der Waals surface area contributed by atoms with Crippen LogP contribution in [0.5, 0.6) is 11.5 Å². The monoisotopic (exact) mass is 781 g/mol. The predicted octanol–water partition coefficient (Wildman–Crippen LogP) is 8.64. The van der Waals surface area contributed by atoms with Gasteiger partial charge in [0.2, 0.25) is 11.8 Å². The molecule has 4 aromatic rings. The van der Waals surface area contributed by atoms with Gasteiger partial charge in [0.1, 0.15) is 0 Å². The number of imide groups is 1. The number of allylic oxidation sites excluding steroid dienone is 2. The van der Waals surface area contributed by atoms with Crippen LogP contribution in [0, 0.1) is 27.2 Å². The number of rotatable bonds is 10. The number of ether oxygens (including phenoxy) is 2. The number of benzene rings is 3. The summed E-state index contributed by atoms with van der Waals surface area (Å²) in [6, 6.07) is 27.0. The Labute approximate surface area is 306 Å². The molecular weight excluding hydrogens is 741 g/mol. The van der Waals surface area contributed by atoms with E-state index in [2.05, 4.69) is 52.8 Å². The summed E-state index contributed by atoms with van der Waals surface area (Å²) in [7, 11) is 1.54. The van der Waals surface area contributed by atoms with E-state index >= 15 is 0 Å². The summed E-state index contributed by atoms with van der Waals surface area (Å²) >= 11 is 2.11. The van der Waals surface area contributed by atoms with E-state index in [4.69, 9.17) is 9.47 Å². The molecule has 256 valence electrons. The first kappa shape index (κ1) is 34.0. The fourth-order valence-corrected chi connectivity index (χ4v) is 8.37. The van der Waals surface area contributed by atoms with Gasteiger partial charge in [0.05, 0.1) is 46.6 Å². The average molecular weight is 782 g/mol. The van der Waals surface area contributed by atoms with Crippen molar-refractivity contribution in [2.45, 2.75) is 39.2 Å². The number of aromatic hydroxyl groups is 1. The Bertz CT molecular complexity index is 1960. The van der Waals surface area contributed by atoms with E-state index in [0.29, 0.717) is 40.9 Å². The van der Waals surface area contributed by atoms with Gasteiger partial charge >= 0.3 is 0 Å². The minimum absolute atomic E-state index is 0.120. The van der Waals surface area contributed by atoms with Crippen molar-refractivity contribution in [3.05, 3.63) is 117 Å². The number of hydrogen-bond acceptors (Lipinski definition) is 7. The number of anilines is 3. The maximum atomic E-state index is 14.2. The molecule has 2 amide bonds. The predicted molar refractivity (Wildman–Crippen MR) is 204 cm³/mol. The third-order valence-electron chi connectivity index (χ3n) is 10.1. The molecule has 1 aliphatic carbocycles. The molecule has 7 rings (SSSR count). The molecule has 0 saturated carbocycles. The zero-order valence-corrected chi connectivity index (χ0v) is 30.5. The molecule has 2 aliphatic heterocycles. The fraction of sp³-hybridized carbons (Fsp3) is 0.293. The van der Waals surface area contributed by atoms with Crippen LogP contribution in [0.1, 0.15) is 44.4 Å². The molecule has 3 heterocycles. The molecule has 0 spiro atoms. The summed E-state index contributed by atoms with van der Waals surface area (Å²) in [6.07, 6.45) is 5.66. The van der Waals surface area contributed by atoms with Gasteiger partial charge in [-0.2, -0.15) is 0 Å². The molecule has 9 heteroatoms. The minimum atomic E-state index is -0.440. The number of methoxy groups -OCH3 is 1. The Morgan fingerprint density at radius 3 is 2.46 bits per heavy atom.